The molecule has 0 aliphatic heterocycles. The molecule has 0 bridgehead atoms. The number of aliphatic carboxylic acids is 1. The van der Waals surface area contributed by atoms with E-state index in [1.165, 1.54) is 22.9 Å². The zero-order valence-corrected chi connectivity index (χ0v) is 20.0. The standard InChI is InChI=1S/C23H21AsClFN2O4/c1-14-7-9-15(10-8-14)20(12-21(29)30)27-23(32)24-17-4-3-11-28(22(17)31)13-16-18(25)5-2-6-19(16)26/h2-11,20,24H,12-13H2,1H3,(H,27,32)(H,29,30)/t20-/m0/s1. The Morgan fingerprint density at radius 3 is 2.53 bits per heavy atom. The van der Waals surface area contributed by atoms with E-state index in [0.29, 0.717) is 9.91 Å². The van der Waals surface area contributed by atoms with Gasteiger partial charge in [-0.25, -0.2) is 0 Å². The van der Waals surface area contributed by atoms with E-state index in [1.54, 1.807) is 30.3 Å². The van der Waals surface area contributed by atoms with E-state index in [4.69, 9.17) is 11.6 Å². The number of carbonyl (C=O) groups is 2. The number of nitrogens with zero attached hydrogens (tertiary/aromatic N) is 1. The molecule has 2 N–H and O–H groups in total. The SMILES string of the molecule is Cc1ccc([C@H](CC(=O)O)NC(=O)[AsH]c2cccn(Cc3c(F)cccc3Cl)c2=O)cc1. The third kappa shape index (κ3) is 6.08. The van der Waals surface area contributed by atoms with Crippen molar-refractivity contribution < 1.29 is 19.1 Å². The van der Waals surface area contributed by atoms with Crippen LogP contribution in [0.25, 0.3) is 0 Å². The number of carbonyl (C=O) groups excluding carboxylic acids is 1. The molecule has 9 heteroatoms. The summed E-state index contributed by atoms with van der Waals surface area (Å²) in [7, 11) is 0. The van der Waals surface area contributed by atoms with Gasteiger partial charge in [0.2, 0.25) is 0 Å². The van der Waals surface area contributed by atoms with Crippen molar-refractivity contribution in [3.63, 3.8) is 0 Å². The van der Waals surface area contributed by atoms with Gasteiger partial charge < -0.3 is 0 Å². The van der Waals surface area contributed by atoms with Gasteiger partial charge in [0.25, 0.3) is 0 Å². The molecule has 0 saturated heterocycles. The van der Waals surface area contributed by atoms with E-state index in [-0.39, 0.29) is 28.2 Å². The predicted molar refractivity (Wildman–Crippen MR) is 123 cm³/mol. The summed E-state index contributed by atoms with van der Waals surface area (Å²) in [5.74, 6) is -1.56. The molecular weight excluding hydrogens is 498 g/mol. The third-order valence-corrected chi connectivity index (χ3v) is 7.32. The molecular formula is C23H21AsClFN2O4. The van der Waals surface area contributed by atoms with Crippen LogP contribution in [0.15, 0.2) is 65.6 Å². The first-order valence-electron chi connectivity index (χ1n) is 9.73. The molecule has 0 fully saturated rings. The fourth-order valence-corrected chi connectivity index (χ4v) is 5.31. The molecule has 1 unspecified atom stereocenters. The molecule has 166 valence electrons. The molecule has 1 amide bonds. The van der Waals surface area contributed by atoms with Crippen LogP contribution in [0.3, 0.4) is 0 Å². The van der Waals surface area contributed by atoms with Crippen LogP contribution < -0.4 is 15.2 Å². The molecule has 2 atom stereocenters. The van der Waals surface area contributed by atoms with Crippen molar-refractivity contribution in [2.75, 3.05) is 0 Å². The normalized spacial score (nSPS) is 12.1. The van der Waals surface area contributed by atoms with Crippen LogP contribution in [0.2, 0.25) is 5.02 Å². The Hall–Kier alpha value is -2.89. The van der Waals surface area contributed by atoms with Gasteiger partial charge >= 0.3 is 196 Å². The van der Waals surface area contributed by atoms with Gasteiger partial charge in [-0.15, -0.1) is 0 Å². The number of hydrogen-bond donors (Lipinski definition) is 2. The zero-order chi connectivity index (χ0) is 23.3. The van der Waals surface area contributed by atoms with Crippen molar-refractivity contribution in [2.45, 2.75) is 25.9 Å². The van der Waals surface area contributed by atoms with Crippen LogP contribution in [0.1, 0.15) is 29.2 Å². The molecule has 0 saturated carbocycles. The molecule has 32 heavy (non-hydrogen) atoms. The van der Waals surface area contributed by atoms with E-state index in [9.17, 15) is 23.9 Å². The van der Waals surface area contributed by atoms with Crippen LogP contribution in [0, 0.1) is 12.7 Å². The summed E-state index contributed by atoms with van der Waals surface area (Å²) in [6, 6.07) is 14.0. The minimum atomic E-state index is -1.59. The molecule has 6 nitrogen and oxygen atoms in total. The predicted octanol–water partition coefficient (Wildman–Crippen LogP) is 2.98. The van der Waals surface area contributed by atoms with Crippen LogP contribution in [-0.2, 0) is 11.3 Å². The molecule has 3 rings (SSSR count). The second-order valence-corrected chi connectivity index (χ2v) is 10.2. The summed E-state index contributed by atoms with van der Waals surface area (Å²) in [6.45, 7) is 1.85. The van der Waals surface area contributed by atoms with E-state index in [2.05, 4.69) is 5.32 Å². The molecule has 1 aromatic heterocycles. The number of carboxylic acid groups (broad SMARTS) is 1. The molecule has 0 spiro atoms. The average molecular weight is 519 g/mol. The third-order valence-electron chi connectivity index (χ3n) is 4.82. The first kappa shape index (κ1) is 23.8. The van der Waals surface area contributed by atoms with Gasteiger partial charge in [0.15, 0.2) is 0 Å². The van der Waals surface area contributed by atoms with Gasteiger partial charge in [0, 0.05) is 0 Å². The number of amides is 1. The number of nitrogens with one attached hydrogen (secondary N) is 1. The van der Waals surface area contributed by atoms with E-state index < -0.39 is 39.1 Å². The number of rotatable bonds is 8. The summed E-state index contributed by atoms with van der Waals surface area (Å²) < 4.78 is 15.4. The molecule has 0 radical (unpaired) electrons. The van der Waals surface area contributed by atoms with Crippen molar-refractivity contribution in [2.24, 2.45) is 0 Å². The van der Waals surface area contributed by atoms with E-state index in [0.717, 1.165) is 5.56 Å². The molecule has 3 aromatic rings. The minimum absolute atomic E-state index is 0.0586. The Kier molecular flexibility index (Phi) is 7.88. The summed E-state index contributed by atoms with van der Waals surface area (Å²) in [6.07, 6.45) is 1.24. The number of aromatic nitrogens is 1. The molecule has 1 heterocycles. The molecule has 0 aliphatic carbocycles. The first-order valence-corrected chi connectivity index (χ1v) is 12.2. The first-order chi connectivity index (χ1) is 15.2. The maximum atomic E-state index is 14.1. The van der Waals surface area contributed by atoms with Crippen molar-refractivity contribution in [1.82, 2.24) is 9.88 Å². The van der Waals surface area contributed by atoms with Crippen molar-refractivity contribution in [3.05, 3.63) is 98.7 Å². The second-order valence-electron chi connectivity index (χ2n) is 7.21. The topological polar surface area (TPSA) is 88.4 Å². The fraction of sp³-hybridized carbons (Fsp3) is 0.174. The van der Waals surface area contributed by atoms with E-state index in [1.807, 2.05) is 19.1 Å². The van der Waals surface area contributed by atoms with Crippen LogP contribution in [-0.4, -0.2) is 36.1 Å². The van der Waals surface area contributed by atoms with E-state index >= 15 is 0 Å². The van der Waals surface area contributed by atoms with Crippen LogP contribution >= 0.6 is 11.6 Å². The number of aryl methyl sites for hydroxylation is 1. The Labute approximate surface area is 195 Å². The Morgan fingerprint density at radius 1 is 1.16 bits per heavy atom. The Bertz CT molecular complexity index is 1180. The number of pyridine rings is 1. The zero-order valence-electron chi connectivity index (χ0n) is 17.1. The van der Waals surface area contributed by atoms with Gasteiger partial charge in [0.1, 0.15) is 0 Å². The number of halogens is 2. The number of benzene rings is 2. The summed E-state index contributed by atoms with van der Waals surface area (Å²) in [5.41, 5.74) is 1.49. The average Bonchev–Trinajstić information content (AvgIpc) is 2.73. The monoisotopic (exact) mass is 518 g/mol. The van der Waals surface area contributed by atoms with Crippen molar-refractivity contribution >= 4 is 42.4 Å². The number of hydrogen-bond acceptors (Lipinski definition) is 3. The number of carboxylic acids is 1. The van der Waals surface area contributed by atoms with Crippen LogP contribution in [0.5, 0.6) is 0 Å². The quantitative estimate of drug-likeness (QED) is 0.449. The van der Waals surface area contributed by atoms with Crippen molar-refractivity contribution in [3.8, 4) is 0 Å². The van der Waals surface area contributed by atoms with Gasteiger partial charge in [-0.2, -0.15) is 0 Å². The summed E-state index contributed by atoms with van der Waals surface area (Å²) in [5, 5.41) is 12.2. The van der Waals surface area contributed by atoms with Gasteiger partial charge in [-0.3, -0.25) is 0 Å². The van der Waals surface area contributed by atoms with Crippen molar-refractivity contribution in [1.29, 1.82) is 0 Å². The Morgan fingerprint density at radius 2 is 1.88 bits per heavy atom. The summed E-state index contributed by atoms with van der Waals surface area (Å²) >= 11 is 4.47. The second kappa shape index (κ2) is 10.6. The Balaban J connectivity index is 1.78. The van der Waals surface area contributed by atoms with Gasteiger partial charge in [-0.05, 0) is 0 Å². The van der Waals surface area contributed by atoms with Gasteiger partial charge in [0.05, 0.1) is 0 Å². The van der Waals surface area contributed by atoms with Gasteiger partial charge in [-0.1, -0.05) is 0 Å². The molecule has 2 aromatic carbocycles. The van der Waals surface area contributed by atoms with Crippen LogP contribution in [0.4, 0.5) is 9.18 Å². The maximum absolute atomic E-state index is 14.1. The fourth-order valence-electron chi connectivity index (χ4n) is 3.15. The summed E-state index contributed by atoms with van der Waals surface area (Å²) in [4.78, 5) is 36.8. The molecule has 0 aliphatic rings.